The SMILES string of the molecule is COc1cccc(CC(Br)c2ccc(OC(C)C)cc2)c1. The number of methoxy groups -OCH3 is 1. The normalized spacial score (nSPS) is 12.2. The fourth-order valence-corrected chi connectivity index (χ4v) is 2.83. The molecule has 0 bridgehead atoms. The summed E-state index contributed by atoms with van der Waals surface area (Å²) in [4.78, 5) is 0.276. The minimum absolute atomic E-state index is 0.201. The molecule has 0 amide bonds. The van der Waals surface area contributed by atoms with Crippen molar-refractivity contribution in [1.82, 2.24) is 0 Å². The topological polar surface area (TPSA) is 18.5 Å². The molecule has 0 aliphatic carbocycles. The Morgan fingerprint density at radius 2 is 1.71 bits per heavy atom. The molecule has 0 fully saturated rings. The molecule has 1 atom stereocenters. The van der Waals surface area contributed by atoms with Crippen molar-refractivity contribution < 1.29 is 9.47 Å². The molecule has 0 radical (unpaired) electrons. The Balaban J connectivity index is 2.03. The van der Waals surface area contributed by atoms with E-state index in [2.05, 4.69) is 40.2 Å². The van der Waals surface area contributed by atoms with Gasteiger partial charge in [0.1, 0.15) is 11.5 Å². The summed E-state index contributed by atoms with van der Waals surface area (Å²) in [5, 5.41) is 0. The third kappa shape index (κ3) is 4.78. The van der Waals surface area contributed by atoms with Crippen LogP contribution in [0, 0.1) is 0 Å². The fourth-order valence-electron chi connectivity index (χ4n) is 2.15. The second-order valence-electron chi connectivity index (χ2n) is 5.26. The molecule has 0 aromatic heterocycles. The van der Waals surface area contributed by atoms with Crippen LogP contribution in [0.25, 0.3) is 0 Å². The summed E-state index contributed by atoms with van der Waals surface area (Å²) in [7, 11) is 1.69. The summed E-state index contributed by atoms with van der Waals surface area (Å²) in [6.07, 6.45) is 1.12. The minimum atomic E-state index is 0.201. The van der Waals surface area contributed by atoms with Gasteiger partial charge in [-0.25, -0.2) is 0 Å². The van der Waals surface area contributed by atoms with Gasteiger partial charge in [0.05, 0.1) is 13.2 Å². The number of hydrogen-bond acceptors (Lipinski definition) is 2. The van der Waals surface area contributed by atoms with E-state index in [1.807, 2.05) is 38.1 Å². The Morgan fingerprint density at radius 1 is 1.00 bits per heavy atom. The Kier molecular flexibility index (Phi) is 5.68. The predicted octanol–water partition coefficient (Wildman–Crippen LogP) is 5.16. The van der Waals surface area contributed by atoms with Crippen molar-refractivity contribution in [2.75, 3.05) is 7.11 Å². The second kappa shape index (κ2) is 7.51. The van der Waals surface area contributed by atoms with E-state index in [4.69, 9.17) is 9.47 Å². The van der Waals surface area contributed by atoms with Crippen LogP contribution in [-0.4, -0.2) is 13.2 Å². The van der Waals surface area contributed by atoms with E-state index in [-0.39, 0.29) is 10.9 Å². The van der Waals surface area contributed by atoms with Crippen molar-refractivity contribution in [3.8, 4) is 11.5 Å². The number of rotatable bonds is 6. The van der Waals surface area contributed by atoms with Crippen LogP contribution < -0.4 is 9.47 Å². The van der Waals surface area contributed by atoms with Gasteiger partial charge in [-0.05, 0) is 55.7 Å². The third-order valence-corrected chi connectivity index (χ3v) is 4.02. The van der Waals surface area contributed by atoms with Gasteiger partial charge in [-0.1, -0.05) is 40.2 Å². The highest BCUT2D eigenvalue weighted by atomic mass is 79.9. The van der Waals surface area contributed by atoms with Crippen molar-refractivity contribution in [1.29, 1.82) is 0 Å². The summed E-state index contributed by atoms with van der Waals surface area (Å²) in [5.74, 6) is 1.81. The zero-order valence-electron chi connectivity index (χ0n) is 12.7. The lowest BCUT2D eigenvalue weighted by atomic mass is 10.0. The Hall–Kier alpha value is -1.48. The molecule has 2 aromatic rings. The van der Waals surface area contributed by atoms with Crippen LogP contribution in [0.15, 0.2) is 48.5 Å². The summed E-state index contributed by atoms with van der Waals surface area (Å²) in [5.41, 5.74) is 2.49. The van der Waals surface area contributed by atoms with E-state index >= 15 is 0 Å². The smallest absolute Gasteiger partial charge is 0.119 e. The molecule has 112 valence electrons. The van der Waals surface area contributed by atoms with Gasteiger partial charge in [0.15, 0.2) is 0 Å². The summed E-state index contributed by atoms with van der Waals surface area (Å²) >= 11 is 3.76. The maximum atomic E-state index is 5.67. The van der Waals surface area contributed by atoms with Crippen molar-refractivity contribution in [3.05, 3.63) is 59.7 Å². The molecule has 1 unspecified atom stereocenters. The van der Waals surface area contributed by atoms with Crippen molar-refractivity contribution in [3.63, 3.8) is 0 Å². The third-order valence-electron chi connectivity index (χ3n) is 3.16. The average Bonchev–Trinajstić information content (AvgIpc) is 2.47. The van der Waals surface area contributed by atoms with Gasteiger partial charge in [0.25, 0.3) is 0 Å². The monoisotopic (exact) mass is 348 g/mol. The van der Waals surface area contributed by atoms with Gasteiger partial charge in [-0.3, -0.25) is 0 Å². The molecule has 2 nitrogen and oxygen atoms in total. The Labute approximate surface area is 135 Å². The molecule has 0 spiro atoms. The van der Waals surface area contributed by atoms with Gasteiger partial charge >= 0.3 is 0 Å². The van der Waals surface area contributed by atoms with Crippen LogP contribution in [0.1, 0.15) is 29.8 Å². The number of benzene rings is 2. The zero-order valence-corrected chi connectivity index (χ0v) is 14.3. The van der Waals surface area contributed by atoms with E-state index in [0.717, 1.165) is 17.9 Å². The molecular formula is C18H21BrO2. The minimum Gasteiger partial charge on any atom is -0.497 e. The molecule has 2 rings (SSSR count). The molecule has 0 aliphatic heterocycles. The van der Waals surface area contributed by atoms with Crippen LogP contribution in [0.5, 0.6) is 11.5 Å². The van der Waals surface area contributed by atoms with E-state index in [0.29, 0.717) is 0 Å². The average molecular weight is 349 g/mol. The number of halogens is 1. The first-order valence-corrected chi connectivity index (χ1v) is 8.03. The van der Waals surface area contributed by atoms with E-state index in [1.165, 1.54) is 11.1 Å². The first-order valence-electron chi connectivity index (χ1n) is 7.12. The van der Waals surface area contributed by atoms with Crippen molar-refractivity contribution in [2.45, 2.75) is 31.2 Å². The van der Waals surface area contributed by atoms with Gasteiger partial charge in [0.2, 0.25) is 0 Å². The summed E-state index contributed by atoms with van der Waals surface area (Å²) in [6.45, 7) is 4.06. The van der Waals surface area contributed by atoms with Crippen LogP contribution in [-0.2, 0) is 6.42 Å². The number of alkyl halides is 1. The maximum absolute atomic E-state index is 5.67. The van der Waals surface area contributed by atoms with Gasteiger partial charge in [-0.15, -0.1) is 0 Å². The largest absolute Gasteiger partial charge is 0.497 e. The molecule has 0 saturated carbocycles. The van der Waals surface area contributed by atoms with E-state index in [1.54, 1.807) is 7.11 Å². The maximum Gasteiger partial charge on any atom is 0.119 e. The molecule has 0 saturated heterocycles. The van der Waals surface area contributed by atoms with Gasteiger partial charge in [-0.2, -0.15) is 0 Å². The Morgan fingerprint density at radius 3 is 2.33 bits per heavy atom. The highest BCUT2D eigenvalue weighted by Gasteiger charge is 2.09. The second-order valence-corrected chi connectivity index (χ2v) is 6.36. The van der Waals surface area contributed by atoms with Gasteiger partial charge < -0.3 is 9.47 Å². The number of hydrogen-bond donors (Lipinski definition) is 0. The first kappa shape index (κ1) is 15.9. The van der Waals surface area contributed by atoms with Crippen LogP contribution in [0.4, 0.5) is 0 Å². The lowest BCUT2D eigenvalue weighted by molar-refractivity contribution is 0.242. The molecule has 2 aromatic carbocycles. The highest BCUT2D eigenvalue weighted by molar-refractivity contribution is 9.09. The molecular weight excluding hydrogens is 328 g/mol. The Bertz CT molecular complexity index is 564. The van der Waals surface area contributed by atoms with Crippen LogP contribution in [0.2, 0.25) is 0 Å². The molecule has 0 aliphatic rings. The highest BCUT2D eigenvalue weighted by Crippen LogP contribution is 2.29. The van der Waals surface area contributed by atoms with Crippen molar-refractivity contribution >= 4 is 15.9 Å². The molecule has 21 heavy (non-hydrogen) atoms. The number of ether oxygens (including phenoxy) is 2. The predicted molar refractivity (Wildman–Crippen MR) is 90.6 cm³/mol. The zero-order chi connectivity index (χ0) is 15.2. The van der Waals surface area contributed by atoms with Crippen molar-refractivity contribution in [2.24, 2.45) is 0 Å². The quantitative estimate of drug-likeness (QED) is 0.671. The molecule has 0 heterocycles. The standard InChI is InChI=1S/C18H21BrO2/c1-13(2)21-16-9-7-15(8-10-16)18(19)12-14-5-4-6-17(11-14)20-3/h4-11,13,18H,12H2,1-3H3. The van der Waals surface area contributed by atoms with Crippen LogP contribution >= 0.6 is 15.9 Å². The van der Waals surface area contributed by atoms with E-state index < -0.39 is 0 Å². The lowest BCUT2D eigenvalue weighted by Gasteiger charge is -2.13. The fraction of sp³-hybridized carbons (Fsp3) is 0.333. The molecule has 0 N–H and O–H groups in total. The summed E-state index contributed by atoms with van der Waals surface area (Å²) in [6, 6.07) is 16.4. The first-order chi connectivity index (χ1) is 10.1. The van der Waals surface area contributed by atoms with E-state index in [9.17, 15) is 0 Å². The summed E-state index contributed by atoms with van der Waals surface area (Å²) < 4.78 is 10.9. The lowest BCUT2D eigenvalue weighted by Crippen LogP contribution is -2.05. The van der Waals surface area contributed by atoms with Gasteiger partial charge in [0, 0.05) is 4.83 Å². The van der Waals surface area contributed by atoms with Crippen LogP contribution in [0.3, 0.4) is 0 Å². The molecule has 3 heteroatoms.